The Labute approximate surface area is 154 Å². The lowest BCUT2D eigenvalue weighted by Crippen LogP contribution is -2.58. The van der Waals surface area contributed by atoms with Gasteiger partial charge in [0, 0.05) is 3.57 Å². The molecule has 0 unspecified atom stereocenters. The van der Waals surface area contributed by atoms with Crippen molar-refractivity contribution in [3.8, 4) is 0 Å². The van der Waals surface area contributed by atoms with Crippen LogP contribution in [0.15, 0.2) is 22.1 Å². The lowest BCUT2D eigenvalue weighted by atomic mass is 9.86. The summed E-state index contributed by atoms with van der Waals surface area (Å²) in [4.78, 5) is 22.3. The Morgan fingerprint density at radius 1 is 1.29 bits per heavy atom. The van der Waals surface area contributed by atoms with Gasteiger partial charge in [-0.25, -0.2) is 9.79 Å². The van der Waals surface area contributed by atoms with Crippen LogP contribution in [0.25, 0.3) is 0 Å². The molecule has 0 radical (unpaired) electrons. The van der Waals surface area contributed by atoms with Crippen molar-refractivity contribution in [1.29, 1.82) is 0 Å². The summed E-state index contributed by atoms with van der Waals surface area (Å²) in [6.07, 6.45) is 4.65. The number of aromatic carboxylic acids is 1. The molecule has 24 heavy (non-hydrogen) atoms. The van der Waals surface area contributed by atoms with Crippen LogP contribution in [-0.4, -0.2) is 28.7 Å². The fraction of sp³-hybridized carbons (Fsp3) is 0.438. The summed E-state index contributed by atoms with van der Waals surface area (Å²) in [6.45, 7) is 1.88. The number of nitrogens with two attached hydrogens (primary N) is 2. The van der Waals surface area contributed by atoms with Gasteiger partial charge in [-0.15, -0.1) is 0 Å². The first-order chi connectivity index (χ1) is 11.3. The predicted molar refractivity (Wildman–Crippen MR) is 102 cm³/mol. The van der Waals surface area contributed by atoms with Gasteiger partial charge in [-0.2, -0.15) is 4.99 Å². The standard InChI is InChI=1S/C16H20IN5O2/c1-9-7-10(17)8-11(13(23)24)12(9)22-15(19)20-14(18)21-16(22)5-3-2-4-6-16/h7-8H,2-6H2,1H3,(H,23,24)(H4,18,19,20,21). The minimum absolute atomic E-state index is 0.158. The van der Waals surface area contributed by atoms with E-state index in [1.54, 1.807) is 11.0 Å². The van der Waals surface area contributed by atoms with E-state index in [1.165, 1.54) is 0 Å². The van der Waals surface area contributed by atoms with Gasteiger partial charge >= 0.3 is 5.97 Å². The first kappa shape index (κ1) is 17.0. The van der Waals surface area contributed by atoms with E-state index in [1.807, 2.05) is 13.0 Å². The summed E-state index contributed by atoms with van der Waals surface area (Å²) in [5, 5.41) is 9.70. The molecule has 128 valence electrons. The zero-order chi connectivity index (χ0) is 17.5. The quantitative estimate of drug-likeness (QED) is 0.610. The fourth-order valence-corrected chi connectivity index (χ4v) is 4.42. The second-order valence-corrected chi connectivity index (χ2v) is 7.49. The minimum atomic E-state index is -0.993. The fourth-order valence-electron chi connectivity index (χ4n) is 3.64. The van der Waals surface area contributed by atoms with E-state index in [4.69, 9.17) is 11.5 Å². The van der Waals surface area contributed by atoms with Crippen LogP contribution in [0.1, 0.15) is 48.0 Å². The number of hydrogen-bond acceptors (Lipinski definition) is 6. The average molecular weight is 441 g/mol. The third-order valence-corrected chi connectivity index (χ3v) is 5.19. The summed E-state index contributed by atoms with van der Waals surface area (Å²) in [7, 11) is 0. The highest BCUT2D eigenvalue weighted by Gasteiger charge is 2.44. The lowest BCUT2D eigenvalue weighted by Gasteiger charge is -2.46. The molecule has 1 heterocycles. The first-order valence-electron chi connectivity index (χ1n) is 7.87. The van der Waals surface area contributed by atoms with Crippen molar-refractivity contribution in [3.05, 3.63) is 26.8 Å². The Bertz CT molecular complexity index is 753. The summed E-state index contributed by atoms with van der Waals surface area (Å²) in [6, 6.07) is 3.59. The van der Waals surface area contributed by atoms with Crippen LogP contribution in [0.5, 0.6) is 0 Å². The largest absolute Gasteiger partial charge is 0.478 e. The lowest BCUT2D eigenvalue weighted by molar-refractivity contribution is 0.0697. The number of anilines is 1. The molecule has 8 heteroatoms. The molecule has 1 aromatic carbocycles. The number of aryl methyl sites for hydroxylation is 1. The number of carbonyl (C=O) groups is 1. The number of guanidine groups is 2. The number of rotatable bonds is 2. The van der Waals surface area contributed by atoms with Gasteiger partial charge in [0.25, 0.3) is 0 Å². The molecule has 1 aliphatic carbocycles. The van der Waals surface area contributed by atoms with Crippen molar-refractivity contribution in [1.82, 2.24) is 0 Å². The molecule has 0 atom stereocenters. The maximum absolute atomic E-state index is 11.8. The van der Waals surface area contributed by atoms with Crippen LogP contribution >= 0.6 is 22.6 Å². The molecule has 3 rings (SSSR count). The van der Waals surface area contributed by atoms with Gasteiger partial charge in [-0.1, -0.05) is 6.42 Å². The number of benzene rings is 1. The molecule has 7 nitrogen and oxygen atoms in total. The normalized spacial score (nSPS) is 19.8. The second-order valence-electron chi connectivity index (χ2n) is 6.24. The molecule has 1 saturated carbocycles. The maximum Gasteiger partial charge on any atom is 0.337 e. The van der Waals surface area contributed by atoms with Crippen LogP contribution in [-0.2, 0) is 0 Å². The van der Waals surface area contributed by atoms with Crippen molar-refractivity contribution in [2.75, 3.05) is 4.90 Å². The van der Waals surface area contributed by atoms with Crippen molar-refractivity contribution in [2.45, 2.75) is 44.7 Å². The van der Waals surface area contributed by atoms with Crippen LogP contribution < -0.4 is 16.4 Å². The van der Waals surface area contributed by atoms with Gasteiger partial charge in [0.1, 0.15) is 5.66 Å². The SMILES string of the molecule is Cc1cc(I)cc(C(=O)O)c1N1C(N)=NC(N)=NC12CCCCC2. The molecule has 5 N–H and O–H groups in total. The number of aliphatic imine (C=N–C) groups is 2. The van der Waals surface area contributed by atoms with Crippen LogP contribution in [0, 0.1) is 10.5 Å². The molecule has 1 fully saturated rings. The molecule has 1 aromatic rings. The Kier molecular flexibility index (Phi) is 4.41. The predicted octanol–water partition coefficient (Wildman–Crippen LogP) is 2.41. The number of carboxylic acid groups (broad SMARTS) is 1. The van der Waals surface area contributed by atoms with Gasteiger partial charge in [0.15, 0.2) is 0 Å². The van der Waals surface area contributed by atoms with Crippen molar-refractivity contribution in [2.24, 2.45) is 21.5 Å². The Morgan fingerprint density at radius 3 is 2.58 bits per heavy atom. The Morgan fingerprint density at radius 2 is 1.96 bits per heavy atom. The van der Waals surface area contributed by atoms with Crippen LogP contribution in [0.4, 0.5) is 5.69 Å². The second kappa shape index (κ2) is 6.23. The highest BCUT2D eigenvalue weighted by Crippen LogP contribution is 2.42. The molecular formula is C16H20IN5O2. The number of carboxylic acids is 1. The highest BCUT2D eigenvalue weighted by molar-refractivity contribution is 14.1. The van der Waals surface area contributed by atoms with Gasteiger partial charge in [0.05, 0.1) is 11.3 Å². The first-order valence-corrected chi connectivity index (χ1v) is 8.95. The van der Waals surface area contributed by atoms with E-state index in [0.717, 1.165) is 41.2 Å². The van der Waals surface area contributed by atoms with E-state index >= 15 is 0 Å². The minimum Gasteiger partial charge on any atom is -0.478 e. The zero-order valence-corrected chi connectivity index (χ0v) is 15.6. The van der Waals surface area contributed by atoms with E-state index in [2.05, 4.69) is 32.6 Å². The van der Waals surface area contributed by atoms with Gasteiger partial charge in [-0.05, 0) is 72.9 Å². The third kappa shape index (κ3) is 2.83. The zero-order valence-electron chi connectivity index (χ0n) is 13.4. The molecular weight excluding hydrogens is 421 g/mol. The van der Waals surface area contributed by atoms with Gasteiger partial charge in [-0.3, -0.25) is 4.90 Å². The van der Waals surface area contributed by atoms with E-state index in [0.29, 0.717) is 5.69 Å². The topological polar surface area (TPSA) is 117 Å². The van der Waals surface area contributed by atoms with E-state index in [-0.39, 0.29) is 17.5 Å². The number of hydrogen-bond donors (Lipinski definition) is 3. The van der Waals surface area contributed by atoms with E-state index in [9.17, 15) is 9.90 Å². The smallest absolute Gasteiger partial charge is 0.337 e. The molecule has 0 amide bonds. The highest BCUT2D eigenvalue weighted by atomic mass is 127. The van der Waals surface area contributed by atoms with E-state index < -0.39 is 11.6 Å². The molecule has 0 saturated heterocycles. The summed E-state index contributed by atoms with van der Waals surface area (Å²) in [5.41, 5.74) is 13.0. The molecule has 1 aliphatic heterocycles. The number of nitrogens with zero attached hydrogens (tertiary/aromatic N) is 3. The monoisotopic (exact) mass is 441 g/mol. The summed E-state index contributed by atoms with van der Waals surface area (Å²) >= 11 is 2.12. The number of halogens is 1. The van der Waals surface area contributed by atoms with Crippen LogP contribution in [0.3, 0.4) is 0 Å². The Balaban J connectivity index is 2.23. The summed E-state index contributed by atoms with van der Waals surface area (Å²) in [5.74, 6) is -0.630. The van der Waals surface area contributed by atoms with Crippen LogP contribution in [0.2, 0.25) is 0 Å². The van der Waals surface area contributed by atoms with Gasteiger partial charge < -0.3 is 16.6 Å². The van der Waals surface area contributed by atoms with Crippen molar-refractivity contribution < 1.29 is 9.90 Å². The summed E-state index contributed by atoms with van der Waals surface area (Å²) < 4.78 is 0.861. The van der Waals surface area contributed by atoms with Crippen molar-refractivity contribution in [3.63, 3.8) is 0 Å². The molecule has 1 spiro atoms. The average Bonchev–Trinajstić information content (AvgIpc) is 2.48. The maximum atomic E-state index is 11.8. The van der Waals surface area contributed by atoms with Crippen molar-refractivity contribution >= 4 is 46.2 Å². The molecule has 0 aromatic heterocycles. The Hall–Kier alpha value is -1.84. The molecule has 2 aliphatic rings. The molecule has 0 bridgehead atoms. The van der Waals surface area contributed by atoms with Gasteiger partial charge in [0.2, 0.25) is 11.9 Å². The third-order valence-electron chi connectivity index (χ3n) is 4.57.